The first-order valence-electron chi connectivity index (χ1n) is 11.1. The van der Waals surface area contributed by atoms with Gasteiger partial charge in [0.1, 0.15) is 17.0 Å². The Morgan fingerprint density at radius 2 is 1.97 bits per heavy atom. The topological polar surface area (TPSA) is 97.7 Å². The normalized spacial score (nSPS) is 14.4. The summed E-state index contributed by atoms with van der Waals surface area (Å²) in [6.07, 6.45) is 7.74. The first kappa shape index (κ1) is 20.6. The molecule has 1 amide bonds. The van der Waals surface area contributed by atoms with Crippen LogP contribution in [-0.2, 0) is 12.8 Å². The molecule has 0 saturated carbocycles. The van der Waals surface area contributed by atoms with Gasteiger partial charge in [-0.15, -0.1) is 11.3 Å². The highest BCUT2D eigenvalue weighted by atomic mass is 32.1. The quantitative estimate of drug-likeness (QED) is 0.320. The molecule has 4 aromatic rings. The highest BCUT2D eigenvalue weighted by molar-refractivity contribution is 7.19. The lowest BCUT2D eigenvalue weighted by Gasteiger charge is -2.12. The average molecular weight is 472 g/mol. The van der Waals surface area contributed by atoms with Crippen molar-refractivity contribution in [3.63, 3.8) is 0 Å². The van der Waals surface area contributed by atoms with Gasteiger partial charge in [-0.1, -0.05) is 6.07 Å². The van der Waals surface area contributed by atoms with E-state index in [9.17, 15) is 4.79 Å². The molecule has 0 saturated heterocycles. The molecular formula is C25H21N5O3S. The largest absolute Gasteiger partial charge is 0.454 e. The summed E-state index contributed by atoms with van der Waals surface area (Å²) in [6.45, 7) is 0.215. The van der Waals surface area contributed by atoms with Crippen LogP contribution >= 0.6 is 11.3 Å². The average Bonchev–Trinajstić information content (AvgIpc) is 3.48. The van der Waals surface area contributed by atoms with Gasteiger partial charge in [-0.2, -0.15) is 5.10 Å². The van der Waals surface area contributed by atoms with Gasteiger partial charge in [-0.25, -0.2) is 15.4 Å². The monoisotopic (exact) mass is 471 g/mol. The van der Waals surface area contributed by atoms with E-state index in [0.717, 1.165) is 40.1 Å². The summed E-state index contributed by atoms with van der Waals surface area (Å²) in [6, 6.07) is 12.8. The van der Waals surface area contributed by atoms with Crippen LogP contribution in [-0.4, -0.2) is 28.9 Å². The maximum Gasteiger partial charge on any atom is 0.271 e. The van der Waals surface area contributed by atoms with Gasteiger partial charge in [-0.3, -0.25) is 4.79 Å². The van der Waals surface area contributed by atoms with E-state index in [-0.39, 0.29) is 12.7 Å². The Balaban J connectivity index is 1.18. The van der Waals surface area contributed by atoms with Crippen LogP contribution in [0.4, 0.5) is 11.5 Å². The number of hydrogen-bond donors (Lipinski definition) is 2. The molecule has 0 atom stereocenters. The first-order chi connectivity index (χ1) is 16.7. The van der Waals surface area contributed by atoms with Gasteiger partial charge in [0.2, 0.25) is 6.79 Å². The lowest BCUT2D eigenvalue weighted by atomic mass is 9.97. The van der Waals surface area contributed by atoms with E-state index >= 15 is 0 Å². The summed E-state index contributed by atoms with van der Waals surface area (Å²) >= 11 is 1.76. The Labute approximate surface area is 199 Å². The SMILES string of the molecule is O=C(N/N=C/c1ccc2c(c1)OCO2)c1cccc(Nc2ncnc3sc4c(c23)CCCC4)c1. The molecule has 34 heavy (non-hydrogen) atoms. The van der Waals surface area contributed by atoms with E-state index in [2.05, 4.69) is 25.8 Å². The fraction of sp³-hybridized carbons (Fsp3) is 0.200. The van der Waals surface area contributed by atoms with Gasteiger partial charge < -0.3 is 14.8 Å². The number of carbonyl (C=O) groups excluding carboxylic acids is 1. The third-order valence-electron chi connectivity index (χ3n) is 5.92. The highest BCUT2D eigenvalue weighted by Crippen LogP contribution is 2.39. The van der Waals surface area contributed by atoms with Crippen LogP contribution in [0.15, 0.2) is 53.9 Å². The van der Waals surface area contributed by atoms with Crippen LogP contribution in [0.5, 0.6) is 11.5 Å². The standard InChI is InChI=1S/C25H21N5O3S/c31-24(30-28-12-15-8-9-19-20(10-15)33-14-32-19)16-4-3-5-17(11-16)29-23-22-18-6-1-2-7-21(18)34-25(22)27-13-26-23/h3-5,8-13H,1-2,6-7,14H2,(H,30,31)(H,26,27,29)/b28-12+. The van der Waals surface area contributed by atoms with Gasteiger partial charge in [0.25, 0.3) is 5.91 Å². The molecule has 2 N–H and O–H groups in total. The third kappa shape index (κ3) is 3.94. The molecule has 2 aromatic carbocycles. The second-order valence-corrected chi connectivity index (χ2v) is 9.21. The van der Waals surface area contributed by atoms with Crippen molar-refractivity contribution in [3.8, 4) is 11.5 Å². The minimum Gasteiger partial charge on any atom is -0.454 e. The number of nitrogens with zero attached hydrogens (tertiary/aromatic N) is 3. The van der Waals surface area contributed by atoms with Crippen LogP contribution in [0.2, 0.25) is 0 Å². The molecule has 6 rings (SSSR count). The number of hydrazone groups is 1. The second kappa shape index (κ2) is 8.75. The number of amides is 1. The van der Waals surface area contributed by atoms with Crippen LogP contribution in [0, 0.1) is 0 Å². The summed E-state index contributed by atoms with van der Waals surface area (Å²) in [4.78, 5) is 24.1. The number of nitrogens with one attached hydrogen (secondary N) is 2. The molecule has 170 valence electrons. The molecule has 2 aromatic heterocycles. The number of ether oxygens (including phenoxy) is 2. The number of aryl methyl sites for hydroxylation is 2. The minimum absolute atomic E-state index is 0.215. The fourth-order valence-corrected chi connectivity index (χ4v) is 5.51. The predicted molar refractivity (Wildman–Crippen MR) is 131 cm³/mol. The number of hydrogen-bond acceptors (Lipinski definition) is 8. The zero-order chi connectivity index (χ0) is 22.9. The van der Waals surface area contributed by atoms with E-state index in [1.165, 1.54) is 23.3 Å². The second-order valence-electron chi connectivity index (χ2n) is 8.13. The van der Waals surface area contributed by atoms with Crippen molar-refractivity contribution >= 4 is 45.2 Å². The van der Waals surface area contributed by atoms with E-state index in [1.54, 1.807) is 36.0 Å². The molecule has 0 radical (unpaired) electrons. The lowest BCUT2D eigenvalue weighted by molar-refractivity contribution is 0.0955. The predicted octanol–water partition coefficient (Wildman–Crippen LogP) is 4.81. The lowest BCUT2D eigenvalue weighted by Crippen LogP contribution is -2.17. The van der Waals surface area contributed by atoms with Gasteiger partial charge in [0.05, 0.1) is 11.6 Å². The van der Waals surface area contributed by atoms with Crippen molar-refractivity contribution < 1.29 is 14.3 Å². The zero-order valence-corrected chi connectivity index (χ0v) is 19.0. The minimum atomic E-state index is -0.304. The molecule has 3 heterocycles. The smallest absolute Gasteiger partial charge is 0.271 e. The maximum atomic E-state index is 12.7. The van der Waals surface area contributed by atoms with Crippen molar-refractivity contribution in [1.82, 2.24) is 15.4 Å². The Bertz CT molecular complexity index is 1430. The van der Waals surface area contributed by atoms with Crippen molar-refractivity contribution in [1.29, 1.82) is 0 Å². The summed E-state index contributed by atoms with van der Waals surface area (Å²) in [5, 5.41) is 8.58. The number of anilines is 2. The van der Waals surface area contributed by atoms with Gasteiger partial charge in [-0.05, 0) is 73.2 Å². The highest BCUT2D eigenvalue weighted by Gasteiger charge is 2.20. The molecule has 8 nitrogen and oxygen atoms in total. The first-order valence-corrected chi connectivity index (χ1v) is 11.9. The van der Waals surface area contributed by atoms with Gasteiger partial charge in [0.15, 0.2) is 11.5 Å². The summed E-state index contributed by atoms with van der Waals surface area (Å²) < 4.78 is 10.7. The Kier molecular flexibility index (Phi) is 5.31. The van der Waals surface area contributed by atoms with E-state index in [1.807, 2.05) is 30.3 Å². The van der Waals surface area contributed by atoms with Crippen LogP contribution in [0.3, 0.4) is 0 Å². The third-order valence-corrected chi connectivity index (χ3v) is 7.11. The van der Waals surface area contributed by atoms with Crippen molar-refractivity contribution in [2.24, 2.45) is 5.10 Å². The van der Waals surface area contributed by atoms with E-state index in [0.29, 0.717) is 17.1 Å². The molecule has 2 aliphatic rings. The maximum absolute atomic E-state index is 12.7. The molecule has 0 fully saturated rings. The summed E-state index contributed by atoms with van der Waals surface area (Å²) in [7, 11) is 0. The number of benzene rings is 2. The number of thiophene rings is 1. The van der Waals surface area contributed by atoms with Crippen LogP contribution < -0.4 is 20.2 Å². The summed E-state index contributed by atoms with van der Waals surface area (Å²) in [5.74, 6) is 1.85. The molecule has 0 unspecified atom stereocenters. The number of aromatic nitrogens is 2. The molecule has 0 spiro atoms. The van der Waals surface area contributed by atoms with Gasteiger partial charge in [0, 0.05) is 16.1 Å². The Morgan fingerprint density at radius 1 is 1.06 bits per heavy atom. The van der Waals surface area contributed by atoms with E-state index in [4.69, 9.17) is 9.47 Å². The number of carbonyl (C=O) groups is 1. The fourth-order valence-electron chi connectivity index (χ4n) is 4.28. The zero-order valence-electron chi connectivity index (χ0n) is 18.2. The Hall–Kier alpha value is -3.98. The molecule has 1 aliphatic carbocycles. The van der Waals surface area contributed by atoms with Crippen molar-refractivity contribution in [2.75, 3.05) is 12.1 Å². The van der Waals surface area contributed by atoms with E-state index < -0.39 is 0 Å². The Morgan fingerprint density at radius 3 is 2.94 bits per heavy atom. The molecular weight excluding hydrogens is 450 g/mol. The number of rotatable bonds is 5. The number of fused-ring (bicyclic) bond motifs is 4. The molecule has 9 heteroatoms. The summed E-state index contributed by atoms with van der Waals surface area (Å²) in [5.41, 5.74) is 6.01. The van der Waals surface area contributed by atoms with Gasteiger partial charge >= 0.3 is 0 Å². The van der Waals surface area contributed by atoms with Crippen LogP contribution in [0.25, 0.3) is 10.2 Å². The molecule has 0 bridgehead atoms. The van der Waals surface area contributed by atoms with Crippen LogP contribution in [0.1, 0.15) is 39.2 Å². The van der Waals surface area contributed by atoms with Crippen molar-refractivity contribution in [3.05, 3.63) is 70.4 Å². The molecule has 1 aliphatic heterocycles. The van der Waals surface area contributed by atoms with Crippen molar-refractivity contribution in [2.45, 2.75) is 25.7 Å².